The number of Topliss-reactive ketones (excluding diaryl/α,β-unsaturated/α-hetero) is 1. The van der Waals surface area contributed by atoms with Crippen LogP contribution in [-0.4, -0.2) is 33.4 Å². The van der Waals surface area contributed by atoms with Crippen molar-refractivity contribution in [2.24, 2.45) is 0 Å². The summed E-state index contributed by atoms with van der Waals surface area (Å²) in [5.74, 6) is -0.865. The minimum absolute atomic E-state index is 0.112. The lowest BCUT2D eigenvalue weighted by atomic mass is 10.0. The van der Waals surface area contributed by atoms with E-state index in [1.54, 1.807) is 13.0 Å². The Morgan fingerprint density at radius 2 is 1.81 bits per heavy atom. The number of ether oxygens (including phenoxy) is 1. The van der Waals surface area contributed by atoms with Crippen molar-refractivity contribution in [2.75, 3.05) is 6.61 Å². The molecule has 0 atom stereocenters. The molecule has 0 bridgehead atoms. The molecule has 2 aromatic carbocycles. The van der Waals surface area contributed by atoms with Crippen molar-refractivity contribution in [3.63, 3.8) is 0 Å². The molecule has 1 heterocycles. The molecular weight excluding hydrogens is 342 g/mol. The van der Waals surface area contributed by atoms with Crippen LogP contribution in [0.2, 0.25) is 0 Å². The lowest BCUT2D eigenvalue weighted by Gasteiger charge is -2.05. The van der Waals surface area contributed by atoms with Crippen LogP contribution < -0.4 is 0 Å². The predicted molar refractivity (Wildman–Crippen MR) is 99.2 cm³/mol. The number of hydrogen-bond acceptors (Lipinski definition) is 5. The Kier molecular flexibility index (Phi) is 4.54. The van der Waals surface area contributed by atoms with Crippen molar-refractivity contribution >= 4 is 11.8 Å². The molecule has 0 unspecified atom stereocenters. The second kappa shape index (κ2) is 7.15. The first-order chi connectivity index (χ1) is 13.1. The Morgan fingerprint density at radius 1 is 1.04 bits per heavy atom. The van der Waals surface area contributed by atoms with Crippen molar-refractivity contribution in [3.05, 3.63) is 76.6 Å². The zero-order chi connectivity index (χ0) is 18.8. The summed E-state index contributed by atoms with van der Waals surface area (Å²) in [4.78, 5) is 26.1. The first-order valence-electron chi connectivity index (χ1n) is 8.93. The van der Waals surface area contributed by atoms with Gasteiger partial charge in [0.1, 0.15) is 0 Å². The third kappa shape index (κ3) is 3.51. The van der Waals surface area contributed by atoms with E-state index in [1.807, 2.05) is 42.5 Å². The van der Waals surface area contributed by atoms with Crippen molar-refractivity contribution in [2.45, 2.75) is 26.2 Å². The molecule has 0 saturated heterocycles. The quantitative estimate of drug-likeness (QED) is 0.516. The maximum absolute atomic E-state index is 12.4. The van der Waals surface area contributed by atoms with Gasteiger partial charge in [-0.1, -0.05) is 30.3 Å². The average Bonchev–Trinajstić information content (AvgIpc) is 3.32. The summed E-state index contributed by atoms with van der Waals surface area (Å²) in [5, 5.41) is 8.44. The van der Waals surface area contributed by atoms with Crippen LogP contribution in [0.5, 0.6) is 0 Å². The van der Waals surface area contributed by atoms with E-state index in [-0.39, 0.29) is 18.1 Å². The number of nitrogens with zero attached hydrogens (tertiary/aromatic N) is 3. The van der Waals surface area contributed by atoms with Gasteiger partial charge in [-0.05, 0) is 55.5 Å². The van der Waals surface area contributed by atoms with Gasteiger partial charge in [0.2, 0.25) is 0 Å². The minimum Gasteiger partial charge on any atom is -0.452 e. The van der Waals surface area contributed by atoms with E-state index in [1.165, 1.54) is 15.9 Å². The molecule has 0 fully saturated rings. The Labute approximate surface area is 156 Å². The number of ketones is 1. The van der Waals surface area contributed by atoms with Gasteiger partial charge in [0.25, 0.3) is 0 Å². The number of fused-ring (bicyclic) bond motifs is 1. The van der Waals surface area contributed by atoms with E-state index in [2.05, 4.69) is 10.2 Å². The van der Waals surface area contributed by atoms with E-state index >= 15 is 0 Å². The molecule has 6 heteroatoms. The Bertz CT molecular complexity index is 1010. The fourth-order valence-corrected chi connectivity index (χ4v) is 3.27. The summed E-state index contributed by atoms with van der Waals surface area (Å²) in [5.41, 5.74) is 4.40. The summed E-state index contributed by atoms with van der Waals surface area (Å²) in [6, 6.07) is 15.0. The molecule has 4 rings (SSSR count). The number of aromatic nitrogens is 3. The van der Waals surface area contributed by atoms with E-state index in [0.29, 0.717) is 11.3 Å². The lowest BCUT2D eigenvalue weighted by molar-refractivity contribution is 0.0467. The number of carbonyl (C=O) groups excluding carboxylic acids is 2. The Morgan fingerprint density at radius 3 is 2.63 bits per heavy atom. The zero-order valence-electron chi connectivity index (χ0n) is 15.0. The molecule has 1 aromatic heterocycles. The third-order valence-corrected chi connectivity index (χ3v) is 4.72. The molecule has 0 amide bonds. The number of hydrogen-bond donors (Lipinski definition) is 0. The summed E-state index contributed by atoms with van der Waals surface area (Å²) >= 11 is 0. The SMILES string of the molecule is Cc1nn(-c2ccccc2)nc1C(=O)OCC(=O)c1ccc2c(c1)CCC2. The Balaban J connectivity index is 1.44. The molecule has 0 saturated carbocycles. The molecule has 6 nitrogen and oxygen atoms in total. The van der Waals surface area contributed by atoms with Gasteiger partial charge < -0.3 is 4.74 Å². The summed E-state index contributed by atoms with van der Waals surface area (Å²) in [6.45, 7) is 1.38. The summed E-state index contributed by atoms with van der Waals surface area (Å²) in [7, 11) is 0. The topological polar surface area (TPSA) is 74.1 Å². The van der Waals surface area contributed by atoms with Gasteiger partial charge >= 0.3 is 5.97 Å². The number of esters is 1. The van der Waals surface area contributed by atoms with Gasteiger partial charge in [-0.15, -0.1) is 5.10 Å². The van der Waals surface area contributed by atoms with Crippen LogP contribution in [0.25, 0.3) is 5.69 Å². The van der Waals surface area contributed by atoms with Crippen molar-refractivity contribution in [1.29, 1.82) is 0 Å². The van der Waals surface area contributed by atoms with E-state index < -0.39 is 5.97 Å². The standard InChI is InChI=1S/C21H19N3O3/c1-14-20(23-24(22-14)18-8-3-2-4-9-18)21(26)27-13-19(25)17-11-10-15-6-5-7-16(15)12-17/h2-4,8-12H,5-7,13H2,1H3. The van der Waals surface area contributed by atoms with Gasteiger partial charge in [-0.2, -0.15) is 9.90 Å². The highest BCUT2D eigenvalue weighted by Crippen LogP contribution is 2.23. The van der Waals surface area contributed by atoms with Gasteiger partial charge in [0, 0.05) is 5.56 Å². The summed E-state index contributed by atoms with van der Waals surface area (Å²) < 4.78 is 5.19. The van der Waals surface area contributed by atoms with Gasteiger partial charge in [-0.3, -0.25) is 4.79 Å². The Hall–Kier alpha value is -3.28. The van der Waals surface area contributed by atoms with Gasteiger partial charge in [0.15, 0.2) is 18.1 Å². The first-order valence-corrected chi connectivity index (χ1v) is 8.93. The molecule has 0 radical (unpaired) electrons. The van der Waals surface area contributed by atoms with Crippen LogP contribution in [-0.2, 0) is 17.6 Å². The maximum Gasteiger partial charge on any atom is 0.361 e. The fraction of sp³-hybridized carbons (Fsp3) is 0.238. The van der Waals surface area contributed by atoms with Crippen LogP contribution >= 0.6 is 0 Å². The summed E-state index contributed by atoms with van der Waals surface area (Å²) in [6.07, 6.45) is 3.19. The number of benzene rings is 2. The molecular formula is C21H19N3O3. The highest BCUT2D eigenvalue weighted by molar-refractivity contribution is 5.99. The maximum atomic E-state index is 12.4. The highest BCUT2D eigenvalue weighted by Gasteiger charge is 2.20. The number of rotatable bonds is 5. The van der Waals surface area contributed by atoms with Crippen molar-refractivity contribution in [1.82, 2.24) is 15.0 Å². The number of aryl methyl sites for hydroxylation is 3. The largest absolute Gasteiger partial charge is 0.452 e. The smallest absolute Gasteiger partial charge is 0.361 e. The minimum atomic E-state index is -0.649. The lowest BCUT2D eigenvalue weighted by Crippen LogP contribution is -2.15. The second-order valence-corrected chi connectivity index (χ2v) is 6.60. The first kappa shape index (κ1) is 17.1. The van der Waals surface area contributed by atoms with E-state index in [9.17, 15) is 9.59 Å². The third-order valence-electron chi connectivity index (χ3n) is 4.72. The van der Waals surface area contributed by atoms with Crippen LogP contribution in [0.4, 0.5) is 0 Å². The molecule has 3 aromatic rings. The van der Waals surface area contributed by atoms with Gasteiger partial charge in [0.05, 0.1) is 11.4 Å². The monoisotopic (exact) mass is 361 g/mol. The van der Waals surface area contributed by atoms with Crippen LogP contribution in [0.15, 0.2) is 48.5 Å². The van der Waals surface area contributed by atoms with E-state index in [4.69, 9.17) is 4.74 Å². The van der Waals surface area contributed by atoms with Crippen molar-refractivity contribution < 1.29 is 14.3 Å². The number of para-hydroxylation sites is 1. The van der Waals surface area contributed by atoms with Crippen LogP contribution in [0.1, 0.15) is 44.1 Å². The van der Waals surface area contributed by atoms with E-state index in [0.717, 1.165) is 24.9 Å². The zero-order valence-corrected chi connectivity index (χ0v) is 15.0. The fourth-order valence-electron chi connectivity index (χ4n) is 3.27. The van der Waals surface area contributed by atoms with Crippen molar-refractivity contribution in [3.8, 4) is 5.69 Å². The molecule has 27 heavy (non-hydrogen) atoms. The highest BCUT2D eigenvalue weighted by atomic mass is 16.5. The van der Waals surface area contributed by atoms with Gasteiger partial charge in [-0.25, -0.2) is 4.79 Å². The number of carbonyl (C=O) groups is 2. The predicted octanol–water partition coefficient (Wildman–Crippen LogP) is 3.10. The molecule has 1 aliphatic rings. The van der Waals surface area contributed by atoms with Crippen LogP contribution in [0, 0.1) is 6.92 Å². The second-order valence-electron chi connectivity index (χ2n) is 6.60. The molecule has 0 spiro atoms. The molecule has 0 aliphatic heterocycles. The molecule has 136 valence electrons. The van der Waals surface area contributed by atoms with Crippen LogP contribution in [0.3, 0.4) is 0 Å². The normalized spacial score (nSPS) is 12.6. The molecule has 0 N–H and O–H groups in total. The molecule has 1 aliphatic carbocycles. The average molecular weight is 361 g/mol.